The number of carbonyl (C=O) groups is 1. The van der Waals surface area contributed by atoms with Gasteiger partial charge in [-0.3, -0.25) is 9.79 Å². The number of ether oxygens (including phenoxy) is 1. The van der Waals surface area contributed by atoms with Crippen molar-refractivity contribution in [2.75, 3.05) is 33.3 Å². The molecule has 1 N–H and O–H groups in total. The molecule has 1 fully saturated rings. The van der Waals surface area contributed by atoms with E-state index in [1.54, 1.807) is 0 Å². The Bertz CT molecular complexity index is 611. The molecule has 0 unspecified atom stereocenters. The largest absolute Gasteiger partial charge is 0.469 e. The van der Waals surface area contributed by atoms with Crippen molar-refractivity contribution in [1.29, 1.82) is 0 Å². The van der Waals surface area contributed by atoms with Gasteiger partial charge in [0.25, 0.3) is 0 Å². The maximum atomic E-state index is 11.7. The van der Waals surface area contributed by atoms with Crippen molar-refractivity contribution in [3.05, 3.63) is 34.9 Å². The van der Waals surface area contributed by atoms with Gasteiger partial charge in [0.05, 0.1) is 13.0 Å². The number of likely N-dealkylation sites (tertiary alicyclic amines) is 1. The average Bonchev–Trinajstić information content (AvgIpc) is 2.62. The van der Waals surface area contributed by atoms with Gasteiger partial charge in [-0.05, 0) is 51.2 Å². The van der Waals surface area contributed by atoms with Crippen LogP contribution in [0.4, 0.5) is 0 Å². The van der Waals surface area contributed by atoms with Crippen molar-refractivity contribution in [2.24, 2.45) is 10.9 Å². The minimum atomic E-state index is -0.0866. The second kappa shape index (κ2) is 11.4. The Kier molecular flexibility index (Phi) is 9.98. The lowest BCUT2D eigenvalue weighted by Crippen LogP contribution is -2.46. The summed E-state index contributed by atoms with van der Waals surface area (Å²) in [6, 6.07) is 6.59. The molecule has 5 nitrogen and oxygen atoms in total. The van der Waals surface area contributed by atoms with E-state index in [2.05, 4.69) is 49.2 Å². The topological polar surface area (TPSA) is 53.9 Å². The first-order valence-corrected chi connectivity index (χ1v) is 9.22. The number of halogens is 1. The third-order valence-corrected chi connectivity index (χ3v) is 4.80. The highest BCUT2D eigenvalue weighted by molar-refractivity contribution is 14.0. The van der Waals surface area contributed by atoms with Gasteiger partial charge in [-0.2, -0.15) is 0 Å². The van der Waals surface area contributed by atoms with Gasteiger partial charge in [0.2, 0.25) is 0 Å². The predicted octanol–water partition coefficient (Wildman–Crippen LogP) is 3.31. The van der Waals surface area contributed by atoms with Gasteiger partial charge in [-0.1, -0.05) is 23.8 Å². The molecule has 1 heterocycles. The van der Waals surface area contributed by atoms with E-state index in [-0.39, 0.29) is 35.9 Å². The number of esters is 1. The van der Waals surface area contributed by atoms with Gasteiger partial charge in [-0.15, -0.1) is 24.0 Å². The summed E-state index contributed by atoms with van der Waals surface area (Å²) in [6.45, 7) is 9.67. The molecule has 1 aromatic carbocycles. The zero-order valence-corrected chi connectivity index (χ0v) is 18.7. The maximum absolute atomic E-state index is 11.7. The first-order chi connectivity index (χ1) is 12.0. The fraction of sp³-hybridized carbons (Fsp3) is 0.600. The summed E-state index contributed by atoms with van der Waals surface area (Å²) in [4.78, 5) is 18.7. The number of rotatable bonds is 5. The second-order valence-electron chi connectivity index (χ2n) is 6.70. The number of benzene rings is 1. The number of carbonyl (C=O) groups excluding carboxylic acids is 1. The number of aryl methyl sites for hydroxylation is 2. The molecular weight excluding hydrogens is 441 g/mol. The van der Waals surface area contributed by atoms with Crippen molar-refractivity contribution in [3.8, 4) is 0 Å². The first-order valence-electron chi connectivity index (χ1n) is 9.22. The van der Waals surface area contributed by atoms with E-state index >= 15 is 0 Å². The number of methoxy groups -OCH3 is 1. The zero-order chi connectivity index (χ0) is 18.2. The van der Waals surface area contributed by atoms with Crippen LogP contribution in [0.3, 0.4) is 0 Å². The number of hydrogen-bond acceptors (Lipinski definition) is 3. The van der Waals surface area contributed by atoms with E-state index in [0.717, 1.165) is 51.4 Å². The van der Waals surface area contributed by atoms with E-state index in [1.165, 1.54) is 23.8 Å². The molecule has 2 rings (SSSR count). The van der Waals surface area contributed by atoms with Crippen molar-refractivity contribution < 1.29 is 9.53 Å². The van der Waals surface area contributed by atoms with E-state index in [1.807, 2.05) is 0 Å². The molecule has 1 aliphatic heterocycles. The predicted molar refractivity (Wildman–Crippen MR) is 117 cm³/mol. The average molecular weight is 473 g/mol. The zero-order valence-electron chi connectivity index (χ0n) is 16.4. The van der Waals surface area contributed by atoms with Gasteiger partial charge in [0, 0.05) is 26.2 Å². The van der Waals surface area contributed by atoms with E-state index in [0.29, 0.717) is 0 Å². The molecule has 1 saturated heterocycles. The molecule has 0 amide bonds. The molecule has 26 heavy (non-hydrogen) atoms. The third-order valence-electron chi connectivity index (χ3n) is 4.80. The van der Waals surface area contributed by atoms with Gasteiger partial charge >= 0.3 is 5.97 Å². The van der Waals surface area contributed by atoms with E-state index < -0.39 is 0 Å². The Morgan fingerprint density at radius 1 is 1.31 bits per heavy atom. The standard InChI is InChI=1S/C20H31N3O2.HI/c1-5-21-20(23-12-9-18(10-13-23)19(24)25-4)22-11-8-17-7-6-15(2)14-16(17)3;/h6-7,14,18H,5,8-13H2,1-4H3,(H,21,22);1H. The summed E-state index contributed by atoms with van der Waals surface area (Å²) in [5.41, 5.74) is 3.99. The molecule has 0 atom stereocenters. The highest BCUT2D eigenvalue weighted by atomic mass is 127. The fourth-order valence-electron chi connectivity index (χ4n) is 3.33. The summed E-state index contributed by atoms with van der Waals surface area (Å²) < 4.78 is 4.86. The van der Waals surface area contributed by atoms with Crippen LogP contribution in [-0.4, -0.2) is 50.1 Å². The van der Waals surface area contributed by atoms with Crippen LogP contribution >= 0.6 is 24.0 Å². The fourth-order valence-corrected chi connectivity index (χ4v) is 3.33. The quantitative estimate of drug-likeness (QED) is 0.309. The molecule has 1 aliphatic rings. The van der Waals surface area contributed by atoms with Gasteiger partial charge in [-0.25, -0.2) is 0 Å². The highest BCUT2D eigenvalue weighted by Gasteiger charge is 2.26. The Labute approximate surface area is 174 Å². The van der Waals surface area contributed by atoms with Crippen LogP contribution in [0.25, 0.3) is 0 Å². The molecule has 6 heteroatoms. The Balaban J connectivity index is 0.00000338. The third kappa shape index (κ3) is 6.45. The number of aliphatic imine (C=N–C) groups is 1. The van der Waals surface area contributed by atoms with Crippen molar-refractivity contribution in [2.45, 2.75) is 40.0 Å². The lowest BCUT2D eigenvalue weighted by atomic mass is 9.97. The monoisotopic (exact) mass is 473 g/mol. The van der Waals surface area contributed by atoms with Crippen LogP contribution in [0.5, 0.6) is 0 Å². The molecule has 0 saturated carbocycles. The summed E-state index contributed by atoms with van der Waals surface area (Å²) in [6.07, 6.45) is 2.60. The van der Waals surface area contributed by atoms with E-state index in [4.69, 9.17) is 9.73 Å². The van der Waals surface area contributed by atoms with Gasteiger partial charge in [0.15, 0.2) is 5.96 Å². The summed E-state index contributed by atoms with van der Waals surface area (Å²) >= 11 is 0. The molecule has 0 radical (unpaired) electrons. The molecule has 0 aromatic heterocycles. The van der Waals surface area contributed by atoms with Crippen LogP contribution < -0.4 is 5.32 Å². The van der Waals surface area contributed by atoms with Crippen molar-refractivity contribution in [3.63, 3.8) is 0 Å². The Morgan fingerprint density at radius 3 is 2.58 bits per heavy atom. The number of hydrogen-bond donors (Lipinski definition) is 1. The number of nitrogens with zero attached hydrogens (tertiary/aromatic N) is 2. The highest BCUT2D eigenvalue weighted by Crippen LogP contribution is 2.18. The van der Waals surface area contributed by atoms with Gasteiger partial charge < -0.3 is 15.0 Å². The normalized spacial score (nSPS) is 15.4. The van der Waals surface area contributed by atoms with Crippen molar-refractivity contribution in [1.82, 2.24) is 10.2 Å². The molecule has 146 valence electrons. The second-order valence-corrected chi connectivity index (χ2v) is 6.70. The number of nitrogens with one attached hydrogen (secondary N) is 1. The summed E-state index contributed by atoms with van der Waals surface area (Å²) in [5.74, 6) is 0.895. The van der Waals surface area contributed by atoms with Crippen LogP contribution in [-0.2, 0) is 16.0 Å². The number of piperidine rings is 1. The van der Waals surface area contributed by atoms with E-state index in [9.17, 15) is 4.79 Å². The molecule has 0 spiro atoms. The molecule has 0 bridgehead atoms. The minimum absolute atomic E-state index is 0. The van der Waals surface area contributed by atoms with Crippen LogP contribution in [0.2, 0.25) is 0 Å². The summed E-state index contributed by atoms with van der Waals surface area (Å²) in [7, 11) is 1.47. The van der Waals surface area contributed by atoms with Crippen LogP contribution in [0.1, 0.15) is 36.5 Å². The maximum Gasteiger partial charge on any atom is 0.308 e. The number of guanidine groups is 1. The lowest BCUT2D eigenvalue weighted by molar-refractivity contribution is -0.146. The van der Waals surface area contributed by atoms with Crippen LogP contribution in [0, 0.1) is 19.8 Å². The SMILES string of the molecule is CCNC(=NCCc1ccc(C)cc1C)N1CCC(C(=O)OC)CC1.I. The van der Waals surface area contributed by atoms with Gasteiger partial charge in [0.1, 0.15) is 0 Å². The summed E-state index contributed by atoms with van der Waals surface area (Å²) in [5, 5.41) is 3.38. The lowest BCUT2D eigenvalue weighted by Gasteiger charge is -2.33. The Hall–Kier alpha value is -1.31. The smallest absolute Gasteiger partial charge is 0.308 e. The van der Waals surface area contributed by atoms with Crippen molar-refractivity contribution >= 4 is 35.9 Å². The molecule has 1 aromatic rings. The Morgan fingerprint density at radius 2 is 2.00 bits per heavy atom. The molecule has 0 aliphatic carbocycles. The first kappa shape index (κ1) is 22.7. The molecular formula is C20H32IN3O2. The minimum Gasteiger partial charge on any atom is -0.469 e. The van der Waals surface area contributed by atoms with Crippen LogP contribution in [0.15, 0.2) is 23.2 Å².